The summed E-state index contributed by atoms with van der Waals surface area (Å²) in [4.78, 5) is 49.2. The average Bonchev–Trinajstić information content (AvgIpc) is 2.53. The maximum absolute atomic E-state index is 11.9. The molecule has 27 heavy (non-hydrogen) atoms. The minimum atomic E-state index is -0.0833. The maximum Gasteiger partial charge on any atom is 0.149 e. The fourth-order valence-corrected chi connectivity index (χ4v) is 2.06. The second-order valence-corrected chi connectivity index (χ2v) is 6.86. The first-order valence-corrected chi connectivity index (χ1v) is 9.99. The van der Waals surface area contributed by atoms with E-state index in [1.165, 1.54) is 27.2 Å². The van der Waals surface area contributed by atoms with Crippen LogP contribution in [0.1, 0.15) is 68.7 Å². The van der Waals surface area contributed by atoms with E-state index in [1.54, 1.807) is 9.80 Å². The van der Waals surface area contributed by atoms with E-state index in [0.29, 0.717) is 13.1 Å². The van der Waals surface area contributed by atoms with E-state index in [-0.39, 0.29) is 55.2 Å². The van der Waals surface area contributed by atoms with E-state index in [4.69, 9.17) is 0 Å². The third-order valence-corrected chi connectivity index (χ3v) is 3.09. The van der Waals surface area contributed by atoms with Crippen LogP contribution in [0.5, 0.6) is 0 Å². The molecule has 0 saturated heterocycles. The zero-order valence-corrected chi connectivity index (χ0v) is 19.1. The highest BCUT2D eigenvalue weighted by Gasteiger charge is 2.17. The van der Waals surface area contributed by atoms with Gasteiger partial charge in [-0.15, -0.1) is 0 Å². The Balaban J connectivity index is -0.00000104. The molecule has 0 unspecified atom stereocenters. The van der Waals surface area contributed by atoms with Gasteiger partial charge in [-0.1, -0.05) is 48.0 Å². The van der Waals surface area contributed by atoms with Crippen molar-refractivity contribution in [3.63, 3.8) is 0 Å². The van der Waals surface area contributed by atoms with Crippen molar-refractivity contribution in [3.8, 4) is 0 Å². The largest absolute Gasteiger partial charge is 0.299 e. The van der Waals surface area contributed by atoms with Crippen LogP contribution in [-0.2, 0) is 19.2 Å². The third-order valence-electron chi connectivity index (χ3n) is 3.09. The van der Waals surface area contributed by atoms with Gasteiger partial charge in [0.25, 0.3) is 0 Å². The van der Waals surface area contributed by atoms with Gasteiger partial charge in [0.05, 0.1) is 26.2 Å². The van der Waals surface area contributed by atoms with Crippen LogP contribution in [0.15, 0.2) is 0 Å². The van der Waals surface area contributed by atoms with Crippen LogP contribution < -0.4 is 0 Å². The van der Waals surface area contributed by atoms with Crippen LogP contribution in [0.2, 0.25) is 0 Å². The first kappa shape index (κ1) is 30.3. The first-order valence-electron chi connectivity index (χ1n) is 9.99. The molecule has 0 heterocycles. The molecule has 0 aliphatic rings. The number of carbonyl (C=O) groups excluding carboxylic acids is 4. The summed E-state index contributed by atoms with van der Waals surface area (Å²) in [6, 6.07) is 0. The number of carbonyl (C=O) groups is 4. The van der Waals surface area contributed by atoms with E-state index in [9.17, 15) is 19.2 Å². The topological polar surface area (TPSA) is 74.8 Å². The smallest absolute Gasteiger partial charge is 0.149 e. The zero-order chi connectivity index (χ0) is 22.0. The molecular formula is C21H42N2O4. The fourth-order valence-electron chi connectivity index (χ4n) is 2.06. The van der Waals surface area contributed by atoms with Crippen LogP contribution in [0.25, 0.3) is 0 Å². The van der Waals surface area contributed by atoms with Crippen LogP contribution in [0.3, 0.4) is 0 Å². The van der Waals surface area contributed by atoms with Crippen molar-refractivity contribution in [2.24, 2.45) is 5.92 Å². The second-order valence-electron chi connectivity index (χ2n) is 6.86. The number of hydrogen-bond acceptors (Lipinski definition) is 6. The summed E-state index contributed by atoms with van der Waals surface area (Å²) >= 11 is 0. The normalized spacial score (nSPS) is 10.1. The van der Waals surface area contributed by atoms with Gasteiger partial charge in [-0.05, 0) is 20.8 Å². The lowest BCUT2D eigenvalue weighted by molar-refractivity contribution is -0.125. The van der Waals surface area contributed by atoms with Crippen molar-refractivity contribution < 1.29 is 19.2 Å². The minimum Gasteiger partial charge on any atom is -0.299 e. The summed E-state index contributed by atoms with van der Waals surface area (Å²) in [5.74, 6) is -0.0533. The number of hydrogen-bond donors (Lipinski definition) is 0. The van der Waals surface area contributed by atoms with Gasteiger partial charge in [0, 0.05) is 19.0 Å². The number of ketones is 4. The minimum absolute atomic E-state index is 0.0127. The van der Waals surface area contributed by atoms with Gasteiger partial charge in [0.1, 0.15) is 23.1 Å². The van der Waals surface area contributed by atoms with E-state index in [0.717, 1.165) is 0 Å². The molecule has 0 fully saturated rings. The van der Waals surface area contributed by atoms with E-state index in [2.05, 4.69) is 13.8 Å². The van der Waals surface area contributed by atoms with Crippen LogP contribution in [0.4, 0.5) is 0 Å². The zero-order valence-electron chi connectivity index (χ0n) is 19.1. The maximum atomic E-state index is 11.9. The molecule has 0 N–H and O–H groups in total. The molecular weight excluding hydrogens is 344 g/mol. The Morgan fingerprint density at radius 1 is 0.667 bits per heavy atom. The molecule has 0 aliphatic carbocycles. The molecule has 0 aromatic heterocycles. The van der Waals surface area contributed by atoms with Gasteiger partial charge in [-0.2, -0.15) is 0 Å². The SMILES string of the molecule is CC.CC(=O)CN(CCN(CC(C)=O)CC(=O)C(C)C)CC(C)=O.CCC. The quantitative estimate of drug-likeness (QED) is 0.513. The van der Waals surface area contributed by atoms with Crippen molar-refractivity contribution in [3.05, 3.63) is 0 Å². The predicted molar refractivity (Wildman–Crippen MR) is 112 cm³/mol. The summed E-state index contributed by atoms with van der Waals surface area (Å²) in [5.41, 5.74) is 0. The van der Waals surface area contributed by atoms with Gasteiger partial charge >= 0.3 is 0 Å². The van der Waals surface area contributed by atoms with Gasteiger partial charge < -0.3 is 0 Å². The Morgan fingerprint density at radius 2 is 0.926 bits per heavy atom. The Hall–Kier alpha value is -1.40. The van der Waals surface area contributed by atoms with Gasteiger partial charge in [-0.25, -0.2) is 0 Å². The first-order chi connectivity index (χ1) is 12.5. The Kier molecular flexibility index (Phi) is 21.8. The van der Waals surface area contributed by atoms with Crippen molar-refractivity contribution in [2.75, 3.05) is 39.3 Å². The number of Topliss-reactive ketones (excluding diaryl/α,β-unsaturated/α-hetero) is 4. The lowest BCUT2D eigenvalue weighted by Gasteiger charge is -2.26. The molecule has 0 amide bonds. The predicted octanol–water partition coefficient (Wildman–Crippen LogP) is 3.03. The third kappa shape index (κ3) is 22.6. The fraction of sp³-hybridized carbons (Fsp3) is 0.810. The highest BCUT2D eigenvalue weighted by molar-refractivity contribution is 5.83. The van der Waals surface area contributed by atoms with Crippen molar-refractivity contribution >= 4 is 23.1 Å². The highest BCUT2D eigenvalue weighted by Crippen LogP contribution is 2.00. The molecule has 0 radical (unpaired) electrons. The lowest BCUT2D eigenvalue weighted by atomic mass is 10.1. The van der Waals surface area contributed by atoms with Crippen molar-refractivity contribution in [1.82, 2.24) is 9.80 Å². The van der Waals surface area contributed by atoms with Gasteiger partial charge in [0.15, 0.2) is 0 Å². The van der Waals surface area contributed by atoms with Gasteiger partial charge in [0.2, 0.25) is 0 Å². The monoisotopic (exact) mass is 386 g/mol. The van der Waals surface area contributed by atoms with Crippen LogP contribution in [0, 0.1) is 5.92 Å². The number of nitrogens with zero attached hydrogens (tertiary/aromatic N) is 2. The molecule has 6 nitrogen and oxygen atoms in total. The molecule has 0 spiro atoms. The molecule has 160 valence electrons. The summed E-state index contributed by atoms with van der Waals surface area (Å²) in [6.07, 6.45) is 1.25. The lowest BCUT2D eigenvalue weighted by Crippen LogP contribution is -2.43. The van der Waals surface area contributed by atoms with Crippen molar-refractivity contribution in [2.45, 2.75) is 68.7 Å². The molecule has 0 aromatic carbocycles. The molecule has 0 bridgehead atoms. The molecule has 0 aliphatic heterocycles. The van der Waals surface area contributed by atoms with Crippen LogP contribution in [-0.4, -0.2) is 72.2 Å². The summed E-state index contributed by atoms with van der Waals surface area (Å²) in [6.45, 7) is 18.1. The summed E-state index contributed by atoms with van der Waals surface area (Å²) in [5, 5.41) is 0. The highest BCUT2D eigenvalue weighted by atomic mass is 16.1. The Labute approximate surface area is 166 Å². The van der Waals surface area contributed by atoms with Crippen molar-refractivity contribution in [1.29, 1.82) is 0 Å². The molecule has 0 aromatic rings. The molecule has 0 rings (SSSR count). The standard InChI is InChI=1S/C16H28N2O4.C3H8.C2H6/c1-12(2)16(22)11-18(10-15(5)21)7-6-17(8-13(3)19)9-14(4)20;1-3-2;1-2/h12H,6-11H2,1-5H3;3H2,1-2H3;1-2H3. The number of rotatable bonds is 12. The second kappa shape index (κ2) is 19.4. The van der Waals surface area contributed by atoms with Gasteiger partial charge in [-0.3, -0.25) is 29.0 Å². The summed E-state index contributed by atoms with van der Waals surface area (Å²) in [7, 11) is 0. The Bertz CT molecular complexity index is 418. The van der Waals surface area contributed by atoms with Crippen LogP contribution >= 0.6 is 0 Å². The Morgan fingerprint density at radius 3 is 1.15 bits per heavy atom. The molecule has 0 saturated carbocycles. The van der Waals surface area contributed by atoms with E-state index in [1.807, 2.05) is 27.7 Å². The molecule has 6 heteroatoms. The summed E-state index contributed by atoms with van der Waals surface area (Å²) < 4.78 is 0. The van der Waals surface area contributed by atoms with E-state index >= 15 is 0 Å². The average molecular weight is 387 g/mol. The van der Waals surface area contributed by atoms with E-state index < -0.39 is 0 Å². The molecule has 0 atom stereocenters.